The second-order valence-corrected chi connectivity index (χ2v) is 4.36. The molecule has 0 spiro atoms. The molecule has 0 unspecified atom stereocenters. The van der Waals surface area contributed by atoms with Gasteiger partial charge >= 0.3 is 0 Å². The third-order valence-corrected chi connectivity index (χ3v) is 3.23. The Morgan fingerprint density at radius 2 is 1.92 bits per heavy atom. The number of fused-ring (bicyclic) bond motifs is 1. The van der Waals surface area contributed by atoms with Crippen molar-refractivity contribution in [2.24, 2.45) is 0 Å². The lowest BCUT2D eigenvalue weighted by Crippen LogP contribution is -1.82. The highest BCUT2D eigenvalue weighted by Gasteiger charge is 1.99. The van der Waals surface area contributed by atoms with Gasteiger partial charge in [0.2, 0.25) is 0 Å². The molecule has 0 aliphatic rings. The van der Waals surface area contributed by atoms with Crippen LogP contribution >= 0.6 is 34.2 Å². The molecule has 0 atom stereocenters. The van der Waals surface area contributed by atoms with Crippen LogP contribution in [0.25, 0.3) is 10.8 Å². The molecule has 0 saturated heterocycles. The van der Waals surface area contributed by atoms with Crippen molar-refractivity contribution < 1.29 is 0 Å². The summed E-state index contributed by atoms with van der Waals surface area (Å²) in [6.45, 7) is 0. The standard InChI is InChI=1S/C11H8ClI/c12-7-8-5-9-3-1-2-4-10(9)11(13)6-8/h1-6H,7H2. The molecular weight excluding hydrogens is 294 g/mol. The number of hydrogen-bond acceptors (Lipinski definition) is 0. The van der Waals surface area contributed by atoms with Gasteiger partial charge in [-0.05, 0) is 51.1 Å². The summed E-state index contributed by atoms with van der Waals surface area (Å²) in [5, 5.41) is 2.57. The maximum Gasteiger partial charge on any atom is 0.0474 e. The molecule has 2 rings (SSSR count). The van der Waals surface area contributed by atoms with Crippen molar-refractivity contribution in [3.8, 4) is 0 Å². The highest BCUT2D eigenvalue weighted by molar-refractivity contribution is 14.1. The van der Waals surface area contributed by atoms with E-state index in [0.29, 0.717) is 5.88 Å². The van der Waals surface area contributed by atoms with Crippen LogP contribution in [0.5, 0.6) is 0 Å². The Bertz CT molecular complexity index is 437. The number of alkyl halides is 1. The van der Waals surface area contributed by atoms with Gasteiger partial charge in [0.05, 0.1) is 0 Å². The molecule has 0 N–H and O–H groups in total. The number of hydrogen-bond donors (Lipinski definition) is 0. The zero-order valence-electron chi connectivity index (χ0n) is 6.93. The molecule has 0 heterocycles. The van der Waals surface area contributed by atoms with Gasteiger partial charge < -0.3 is 0 Å². The van der Waals surface area contributed by atoms with Gasteiger partial charge in [-0.15, -0.1) is 11.6 Å². The van der Waals surface area contributed by atoms with Crippen molar-refractivity contribution in [3.63, 3.8) is 0 Å². The summed E-state index contributed by atoms with van der Waals surface area (Å²) >= 11 is 8.14. The van der Waals surface area contributed by atoms with Crippen molar-refractivity contribution >= 4 is 45.0 Å². The van der Waals surface area contributed by atoms with E-state index >= 15 is 0 Å². The largest absolute Gasteiger partial charge is 0.122 e. The van der Waals surface area contributed by atoms with Gasteiger partial charge in [-0.1, -0.05) is 24.3 Å². The minimum absolute atomic E-state index is 0.584. The van der Waals surface area contributed by atoms with E-state index in [1.807, 2.05) is 0 Å². The molecule has 13 heavy (non-hydrogen) atoms. The summed E-state index contributed by atoms with van der Waals surface area (Å²) in [4.78, 5) is 0. The van der Waals surface area contributed by atoms with E-state index in [1.165, 1.54) is 19.9 Å². The lowest BCUT2D eigenvalue weighted by molar-refractivity contribution is 1.41. The SMILES string of the molecule is ClCc1cc(I)c2ccccc2c1. The Balaban J connectivity index is 2.77. The quantitative estimate of drug-likeness (QED) is 0.547. The van der Waals surface area contributed by atoms with E-state index in [4.69, 9.17) is 11.6 Å². The van der Waals surface area contributed by atoms with Crippen LogP contribution in [0.1, 0.15) is 5.56 Å². The molecule has 0 nitrogen and oxygen atoms in total. The predicted octanol–water partition coefficient (Wildman–Crippen LogP) is 4.18. The maximum atomic E-state index is 5.80. The minimum Gasteiger partial charge on any atom is -0.122 e. The first-order valence-corrected chi connectivity index (χ1v) is 5.66. The normalized spacial score (nSPS) is 10.6. The van der Waals surface area contributed by atoms with Gasteiger partial charge in [0.25, 0.3) is 0 Å². The van der Waals surface area contributed by atoms with Crippen LogP contribution in [0, 0.1) is 3.57 Å². The molecule has 0 aliphatic heterocycles. The average Bonchev–Trinajstić information content (AvgIpc) is 2.18. The van der Waals surface area contributed by atoms with Crippen molar-refractivity contribution in [3.05, 3.63) is 45.5 Å². The monoisotopic (exact) mass is 302 g/mol. The highest BCUT2D eigenvalue weighted by atomic mass is 127. The van der Waals surface area contributed by atoms with E-state index in [9.17, 15) is 0 Å². The lowest BCUT2D eigenvalue weighted by atomic mass is 10.1. The fourth-order valence-electron chi connectivity index (χ4n) is 1.40. The van der Waals surface area contributed by atoms with Crippen molar-refractivity contribution in [2.75, 3.05) is 0 Å². The molecule has 0 fully saturated rings. The zero-order valence-corrected chi connectivity index (χ0v) is 9.84. The van der Waals surface area contributed by atoms with Gasteiger partial charge in [-0.2, -0.15) is 0 Å². The Morgan fingerprint density at radius 1 is 1.15 bits per heavy atom. The van der Waals surface area contributed by atoms with E-state index in [-0.39, 0.29) is 0 Å². The summed E-state index contributed by atoms with van der Waals surface area (Å²) in [5.74, 6) is 0.584. The van der Waals surface area contributed by atoms with Gasteiger partial charge in [0.15, 0.2) is 0 Å². The molecule has 0 radical (unpaired) electrons. The zero-order chi connectivity index (χ0) is 9.26. The second kappa shape index (κ2) is 3.84. The van der Waals surface area contributed by atoms with Crippen LogP contribution in [0.4, 0.5) is 0 Å². The Hall–Kier alpha value is -0.280. The summed E-state index contributed by atoms with van der Waals surface area (Å²) in [7, 11) is 0. The van der Waals surface area contributed by atoms with Crippen LogP contribution in [-0.4, -0.2) is 0 Å². The van der Waals surface area contributed by atoms with Crippen molar-refractivity contribution in [2.45, 2.75) is 5.88 Å². The molecular formula is C11H8ClI. The van der Waals surface area contributed by atoms with E-state index in [2.05, 4.69) is 59.0 Å². The maximum absolute atomic E-state index is 5.80. The summed E-state index contributed by atoms with van der Waals surface area (Å²) in [6.07, 6.45) is 0. The number of benzene rings is 2. The predicted molar refractivity (Wildman–Crippen MR) is 66.2 cm³/mol. The Kier molecular flexibility index (Phi) is 2.74. The molecule has 66 valence electrons. The first kappa shape index (κ1) is 9.28. The molecule has 2 heteroatoms. The van der Waals surface area contributed by atoms with Gasteiger partial charge in [0.1, 0.15) is 0 Å². The smallest absolute Gasteiger partial charge is 0.0474 e. The van der Waals surface area contributed by atoms with E-state index in [1.54, 1.807) is 0 Å². The molecule has 0 saturated carbocycles. The van der Waals surface area contributed by atoms with Gasteiger partial charge in [0, 0.05) is 9.45 Å². The van der Waals surface area contributed by atoms with Crippen molar-refractivity contribution in [1.29, 1.82) is 0 Å². The molecule has 0 aliphatic carbocycles. The fourth-order valence-corrected chi connectivity index (χ4v) is 2.44. The Labute approximate surface area is 96.0 Å². The molecule has 0 amide bonds. The van der Waals surface area contributed by atoms with Gasteiger partial charge in [-0.25, -0.2) is 0 Å². The molecule has 2 aromatic rings. The second-order valence-electron chi connectivity index (χ2n) is 2.93. The summed E-state index contributed by atoms with van der Waals surface area (Å²) < 4.78 is 1.27. The van der Waals surface area contributed by atoms with Crippen LogP contribution < -0.4 is 0 Å². The Morgan fingerprint density at radius 3 is 2.69 bits per heavy atom. The van der Waals surface area contributed by atoms with Crippen LogP contribution in [-0.2, 0) is 5.88 Å². The third-order valence-electron chi connectivity index (χ3n) is 2.03. The minimum atomic E-state index is 0.584. The fraction of sp³-hybridized carbons (Fsp3) is 0.0909. The van der Waals surface area contributed by atoms with Crippen LogP contribution in [0.2, 0.25) is 0 Å². The first-order chi connectivity index (χ1) is 6.31. The highest BCUT2D eigenvalue weighted by Crippen LogP contribution is 2.23. The molecule has 2 aromatic carbocycles. The number of halogens is 2. The van der Waals surface area contributed by atoms with Crippen molar-refractivity contribution in [1.82, 2.24) is 0 Å². The third kappa shape index (κ3) is 1.81. The molecule has 0 bridgehead atoms. The lowest BCUT2D eigenvalue weighted by Gasteiger charge is -2.03. The first-order valence-electron chi connectivity index (χ1n) is 4.04. The molecule has 0 aromatic heterocycles. The number of rotatable bonds is 1. The van der Waals surface area contributed by atoms with E-state index in [0.717, 1.165) is 0 Å². The van der Waals surface area contributed by atoms with Crippen LogP contribution in [0.3, 0.4) is 0 Å². The topological polar surface area (TPSA) is 0 Å². The van der Waals surface area contributed by atoms with Gasteiger partial charge in [-0.3, -0.25) is 0 Å². The summed E-state index contributed by atoms with van der Waals surface area (Å²) in [6, 6.07) is 12.6. The van der Waals surface area contributed by atoms with Crippen LogP contribution in [0.15, 0.2) is 36.4 Å². The summed E-state index contributed by atoms with van der Waals surface area (Å²) in [5.41, 5.74) is 1.18. The van der Waals surface area contributed by atoms with E-state index < -0.39 is 0 Å². The average molecular weight is 303 g/mol.